The van der Waals surface area contributed by atoms with Crippen LogP contribution in [0.5, 0.6) is 0 Å². The lowest BCUT2D eigenvalue weighted by atomic mass is 9.90. The van der Waals surface area contributed by atoms with Crippen LogP contribution in [0.2, 0.25) is 0 Å². The van der Waals surface area contributed by atoms with Gasteiger partial charge in [-0.2, -0.15) is 0 Å². The summed E-state index contributed by atoms with van der Waals surface area (Å²) < 4.78 is 16.3. The molecule has 0 saturated carbocycles. The zero-order chi connectivity index (χ0) is 17.3. The molecule has 9 heteroatoms. The molecule has 0 radical (unpaired) electrons. The summed E-state index contributed by atoms with van der Waals surface area (Å²) >= 11 is 0. The Labute approximate surface area is 134 Å². The first-order chi connectivity index (χ1) is 10.8. The highest BCUT2D eigenvalue weighted by Crippen LogP contribution is 2.30. The van der Waals surface area contributed by atoms with Crippen molar-refractivity contribution in [2.45, 2.75) is 69.0 Å². The van der Waals surface area contributed by atoms with Gasteiger partial charge < -0.3 is 44.8 Å². The van der Waals surface area contributed by atoms with E-state index < -0.39 is 67.6 Å². The lowest BCUT2D eigenvalue weighted by Crippen LogP contribution is -2.62. The molecule has 0 aliphatic carbocycles. The molecular formula is C14H26O9. The molecule has 2 heterocycles. The first-order valence-corrected chi connectivity index (χ1v) is 7.72. The van der Waals surface area contributed by atoms with E-state index in [1.807, 2.05) is 0 Å². The maximum atomic E-state index is 10.2. The quantitative estimate of drug-likeness (QED) is 0.314. The molecule has 10 atom stereocenters. The minimum atomic E-state index is -1.41. The first kappa shape index (κ1) is 19.0. The molecule has 9 nitrogen and oxygen atoms in total. The van der Waals surface area contributed by atoms with Crippen LogP contribution in [0.1, 0.15) is 13.8 Å². The number of hydrogen-bond acceptors (Lipinski definition) is 9. The lowest BCUT2D eigenvalue weighted by Gasteiger charge is -2.46. The topological polar surface area (TPSA) is 149 Å². The fourth-order valence-electron chi connectivity index (χ4n) is 2.99. The van der Waals surface area contributed by atoms with Crippen molar-refractivity contribution < 1.29 is 44.8 Å². The van der Waals surface area contributed by atoms with Gasteiger partial charge in [-0.05, 0) is 6.92 Å². The summed E-state index contributed by atoms with van der Waals surface area (Å²) in [5.74, 6) is -0.512. The van der Waals surface area contributed by atoms with Crippen molar-refractivity contribution in [3.63, 3.8) is 0 Å². The van der Waals surface area contributed by atoms with Gasteiger partial charge in [0, 0.05) is 5.92 Å². The molecule has 2 aliphatic heterocycles. The van der Waals surface area contributed by atoms with Crippen LogP contribution in [0.25, 0.3) is 0 Å². The largest absolute Gasteiger partial charge is 0.394 e. The highest BCUT2D eigenvalue weighted by Gasteiger charge is 2.48. The molecule has 0 bridgehead atoms. The first-order valence-electron chi connectivity index (χ1n) is 7.72. The predicted molar refractivity (Wildman–Crippen MR) is 75.2 cm³/mol. The van der Waals surface area contributed by atoms with E-state index in [0.717, 1.165) is 0 Å². The van der Waals surface area contributed by atoms with Crippen LogP contribution in [0.15, 0.2) is 0 Å². The van der Waals surface area contributed by atoms with Gasteiger partial charge in [0.25, 0.3) is 0 Å². The van der Waals surface area contributed by atoms with E-state index >= 15 is 0 Å². The van der Waals surface area contributed by atoms with Crippen LogP contribution < -0.4 is 0 Å². The summed E-state index contributed by atoms with van der Waals surface area (Å²) in [7, 11) is 0. The van der Waals surface area contributed by atoms with Crippen molar-refractivity contribution in [2.75, 3.05) is 13.2 Å². The fourth-order valence-corrected chi connectivity index (χ4v) is 2.99. The Balaban J connectivity index is 2.11. The molecular weight excluding hydrogens is 312 g/mol. The Bertz CT molecular complexity index is 377. The summed E-state index contributed by atoms with van der Waals surface area (Å²) in [6.07, 6.45) is -10.1. The number of ether oxygens (including phenoxy) is 3. The molecule has 2 aliphatic rings. The molecule has 2 rings (SSSR count). The van der Waals surface area contributed by atoms with E-state index in [1.165, 1.54) is 0 Å². The number of hydrogen-bond donors (Lipinski definition) is 6. The average molecular weight is 338 g/mol. The Morgan fingerprint density at radius 2 is 1.39 bits per heavy atom. The van der Waals surface area contributed by atoms with E-state index in [1.54, 1.807) is 13.8 Å². The van der Waals surface area contributed by atoms with E-state index in [9.17, 15) is 30.6 Å². The van der Waals surface area contributed by atoms with E-state index in [4.69, 9.17) is 14.2 Å². The van der Waals surface area contributed by atoms with Crippen molar-refractivity contribution >= 4 is 0 Å². The second-order valence-corrected chi connectivity index (χ2v) is 6.21. The molecule has 10 unspecified atom stereocenters. The van der Waals surface area contributed by atoms with Crippen LogP contribution in [0.4, 0.5) is 0 Å². The zero-order valence-corrected chi connectivity index (χ0v) is 13.1. The molecule has 2 fully saturated rings. The summed E-state index contributed by atoms with van der Waals surface area (Å²) in [5.41, 5.74) is 0. The molecule has 0 aromatic rings. The van der Waals surface area contributed by atoms with Gasteiger partial charge in [0.15, 0.2) is 6.29 Å². The van der Waals surface area contributed by atoms with Crippen molar-refractivity contribution in [1.82, 2.24) is 0 Å². The van der Waals surface area contributed by atoms with Gasteiger partial charge in [0.2, 0.25) is 0 Å². The van der Waals surface area contributed by atoms with Crippen molar-refractivity contribution in [2.24, 2.45) is 5.92 Å². The van der Waals surface area contributed by atoms with Crippen LogP contribution in [-0.2, 0) is 14.2 Å². The summed E-state index contributed by atoms with van der Waals surface area (Å²) in [6.45, 7) is 2.32. The molecule has 0 spiro atoms. The zero-order valence-electron chi connectivity index (χ0n) is 13.1. The SMILES string of the molecule is CC1OC(CO)C(OC2OC(CO)C(C)C(O)C2O)C(O)C1O. The molecule has 0 amide bonds. The molecule has 2 saturated heterocycles. The van der Waals surface area contributed by atoms with Crippen molar-refractivity contribution in [3.8, 4) is 0 Å². The summed E-state index contributed by atoms with van der Waals surface area (Å²) in [4.78, 5) is 0. The van der Waals surface area contributed by atoms with Gasteiger partial charge in [-0.25, -0.2) is 0 Å². The number of aliphatic hydroxyl groups excluding tert-OH is 6. The Morgan fingerprint density at radius 1 is 0.783 bits per heavy atom. The minimum Gasteiger partial charge on any atom is -0.394 e. The summed E-state index contributed by atoms with van der Waals surface area (Å²) in [6, 6.07) is 0. The van der Waals surface area contributed by atoms with E-state index in [0.29, 0.717) is 0 Å². The second-order valence-electron chi connectivity index (χ2n) is 6.21. The van der Waals surface area contributed by atoms with Crippen LogP contribution in [0.3, 0.4) is 0 Å². The standard InChI is InChI=1S/C14H26O9/c1-5-7(3-15)22-14(12(20)9(5)17)23-13-8(4-16)21-6(2)10(18)11(13)19/h5-20H,3-4H2,1-2H3. The van der Waals surface area contributed by atoms with Crippen LogP contribution in [-0.4, -0.2) is 99.0 Å². The number of aliphatic hydroxyl groups is 6. The van der Waals surface area contributed by atoms with Gasteiger partial charge in [-0.3, -0.25) is 0 Å². The Morgan fingerprint density at radius 3 is 1.96 bits per heavy atom. The lowest BCUT2D eigenvalue weighted by molar-refractivity contribution is -0.334. The smallest absolute Gasteiger partial charge is 0.187 e. The predicted octanol–water partition coefficient (Wildman–Crippen LogP) is -3.05. The summed E-state index contributed by atoms with van der Waals surface area (Å²) in [5, 5.41) is 58.8. The third kappa shape index (κ3) is 3.68. The minimum absolute atomic E-state index is 0.377. The average Bonchev–Trinajstić information content (AvgIpc) is 2.55. The second kappa shape index (κ2) is 7.68. The molecule has 23 heavy (non-hydrogen) atoms. The maximum absolute atomic E-state index is 10.2. The molecule has 6 N–H and O–H groups in total. The molecule has 0 aromatic carbocycles. The van der Waals surface area contributed by atoms with Crippen LogP contribution in [0, 0.1) is 5.92 Å². The van der Waals surface area contributed by atoms with E-state index in [2.05, 4.69) is 0 Å². The highest BCUT2D eigenvalue weighted by atomic mass is 16.7. The van der Waals surface area contributed by atoms with Gasteiger partial charge in [-0.15, -0.1) is 0 Å². The fraction of sp³-hybridized carbons (Fsp3) is 1.00. The van der Waals surface area contributed by atoms with E-state index in [-0.39, 0.29) is 6.61 Å². The van der Waals surface area contributed by atoms with Gasteiger partial charge in [0.1, 0.15) is 30.5 Å². The normalized spacial score (nSPS) is 51.7. The molecule has 136 valence electrons. The third-order valence-electron chi connectivity index (χ3n) is 4.64. The van der Waals surface area contributed by atoms with Crippen molar-refractivity contribution in [1.29, 1.82) is 0 Å². The van der Waals surface area contributed by atoms with Crippen molar-refractivity contribution in [3.05, 3.63) is 0 Å². The Hall–Kier alpha value is -0.360. The third-order valence-corrected chi connectivity index (χ3v) is 4.64. The monoisotopic (exact) mass is 338 g/mol. The molecule has 0 aromatic heterocycles. The number of rotatable bonds is 4. The van der Waals surface area contributed by atoms with Gasteiger partial charge in [-0.1, -0.05) is 6.92 Å². The van der Waals surface area contributed by atoms with Gasteiger partial charge in [0.05, 0.1) is 31.5 Å². The Kier molecular flexibility index (Phi) is 6.34. The highest BCUT2D eigenvalue weighted by molar-refractivity contribution is 4.93. The van der Waals surface area contributed by atoms with Crippen LogP contribution >= 0.6 is 0 Å². The maximum Gasteiger partial charge on any atom is 0.187 e. The van der Waals surface area contributed by atoms with Gasteiger partial charge >= 0.3 is 0 Å².